The Labute approximate surface area is 138 Å². The van der Waals surface area contributed by atoms with E-state index in [4.69, 9.17) is 0 Å². The van der Waals surface area contributed by atoms with E-state index in [1.54, 1.807) is 6.20 Å². The summed E-state index contributed by atoms with van der Waals surface area (Å²) in [5.41, 5.74) is 1.36. The van der Waals surface area contributed by atoms with E-state index < -0.39 is 11.7 Å². The zero-order chi connectivity index (χ0) is 16.2. The lowest BCUT2D eigenvalue weighted by Crippen LogP contribution is -2.33. The fourth-order valence-corrected chi connectivity index (χ4v) is 3.21. The van der Waals surface area contributed by atoms with Gasteiger partial charge in [-0.25, -0.2) is 0 Å². The molecule has 118 valence electrons. The van der Waals surface area contributed by atoms with Gasteiger partial charge in [0.15, 0.2) is 5.17 Å². The van der Waals surface area contributed by atoms with E-state index in [2.05, 4.69) is 10.3 Å². The Morgan fingerprint density at radius 3 is 2.96 bits per heavy atom. The van der Waals surface area contributed by atoms with E-state index in [1.807, 2.05) is 47.9 Å². The first-order chi connectivity index (χ1) is 11.2. The zero-order valence-electron chi connectivity index (χ0n) is 12.8. The van der Waals surface area contributed by atoms with Crippen LogP contribution in [0, 0.1) is 0 Å². The number of thioether (sulfide) groups is 1. The molecule has 0 unspecified atom stereocenters. The highest BCUT2D eigenvalue weighted by Crippen LogP contribution is 2.22. The lowest BCUT2D eigenvalue weighted by Gasteiger charge is -2.02. The number of fused-ring (bicyclic) bond motifs is 1. The first-order valence-corrected chi connectivity index (χ1v) is 8.41. The summed E-state index contributed by atoms with van der Waals surface area (Å²) in [4.78, 5) is 28.9. The van der Waals surface area contributed by atoms with Gasteiger partial charge in [0.1, 0.15) is 0 Å². The molecule has 2 aromatic rings. The standard InChI is InChI=1S/C17H17N3O2S/c1-2-3-9-20-11-13(12-6-4-5-7-14(12)20)15(21)16(22)19-17-18-8-10-23-17/h2-7,11H,8-10H2,1H3,(H,18,19,22)/b3-2+. The molecule has 6 heteroatoms. The number of ketones is 1. The van der Waals surface area contributed by atoms with Crippen molar-refractivity contribution in [3.8, 4) is 0 Å². The van der Waals surface area contributed by atoms with Gasteiger partial charge in [-0.3, -0.25) is 19.9 Å². The molecule has 0 saturated heterocycles. The molecule has 2 heterocycles. The summed E-state index contributed by atoms with van der Waals surface area (Å²) in [7, 11) is 0. The van der Waals surface area contributed by atoms with Crippen LogP contribution in [0.25, 0.3) is 10.9 Å². The molecule has 1 N–H and O–H groups in total. The summed E-state index contributed by atoms with van der Waals surface area (Å²) in [6.07, 6.45) is 5.71. The molecule has 0 atom stereocenters. The van der Waals surface area contributed by atoms with E-state index >= 15 is 0 Å². The third kappa shape index (κ3) is 3.22. The Kier molecular flexibility index (Phi) is 4.62. The second kappa shape index (κ2) is 6.83. The maximum atomic E-state index is 12.5. The SMILES string of the molecule is C/C=C/Cn1cc(C(=O)C(=O)NC2=NCCS2)c2ccccc21. The van der Waals surface area contributed by atoms with Gasteiger partial charge in [0.05, 0.1) is 12.1 Å². The van der Waals surface area contributed by atoms with Gasteiger partial charge in [-0.1, -0.05) is 42.1 Å². The number of Topliss-reactive ketones (excluding diaryl/α,β-unsaturated/α-hetero) is 1. The molecule has 1 aromatic heterocycles. The second-order valence-electron chi connectivity index (χ2n) is 5.10. The molecule has 0 fully saturated rings. The number of aliphatic imine (C=N–C) groups is 1. The van der Waals surface area contributed by atoms with Crippen molar-refractivity contribution in [1.29, 1.82) is 0 Å². The molecule has 1 aliphatic heterocycles. The molecular weight excluding hydrogens is 310 g/mol. The van der Waals surface area contributed by atoms with Crippen LogP contribution < -0.4 is 5.32 Å². The van der Waals surface area contributed by atoms with Gasteiger partial charge < -0.3 is 4.57 Å². The predicted molar refractivity (Wildman–Crippen MR) is 94.0 cm³/mol. The van der Waals surface area contributed by atoms with Crippen LogP contribution in [-0.4, -0.2) is 33.7 Å². The Morgan fingerprint density at radius 2 is 2.22 bits per heavy atom. The first-order valence-electron chi connectivity index (χ1n) is 7.42. The third-order valence-corrected chi connectivity index (χ3v) is 4.47. The monoisotopic (exact) mass is 327 g/mol. The maximum absolute atomic E-state index is 12.5. The Bertz CT molecular complexity index is 820. The number of nitrogens with one attached hydrogen (secondary N) is 1. The normalized spacial score (nSPS) is 14.4. The van der Waals surface area contributed by atoms with Crippen LogP contribution >= 0.6 is 11.8 Å². The number of nitrogens with zero attached hydrogens (tertiary/aromatic N) is 2. The van der Waals surface area contributed by atoms with Crippen LogP contribution in [-0.2, 0) is 11.3 Å². The van der Waals surface area contributed by atoms with E-state index in [0.29, 0.717) is 23.8 Å². The molecule has 0 saturated carbocycles. The summed E-state index contributed by atoms with van der Waals surface area (Å²) in [5, 5.41) is 3.91. The van der Waals surface area contributed by atoms with Gasteiger partial charge in [-0.15, -0.1) is 0 Å². The number of amidine groups is 1. The molecular formula is C17H17N3O2S. The Hall–Kier alpha value is -2.34. The summed E-state index contributed by atoms with van der Waals surface area (Å²) in [6.45, 7) is 3.29. The number of carbonyl (C=O) groups is 2. The summed E-state index contributed by atoms with van der Waals surface area (Å²) in [5.74, 6) is -0.324. The third-order valence-electron chi connectivity index (χ3n) is 3.58. The number of hydrogen-bond donors (Lipinski definition) is 1. The van der Waals surface area contributed by atoms with Crippen LogP contribution in [0.2, 0.25) is 0 Å². The number of aromatic nitrogens is 1. The molecule has 23 heavy (non-hydrogen) atoms. The topological polar surface area (TPSA) is 63.5 Å². The van der Waals surface area contributed by atoms with Crippen molar-refractivity contribution < 1.29 is 9.59 Å². The molecule has 0 radical (unpaired) electrons. The minimum absolute atomic E-state index is 0.422. The number of benzene rings is 1. The summed E-state index contributed by atoms with van der Waals surface area (Å²) >= 11 is 1.45. The number of carbonyl (C=O) groups excluding carboxylic acids is 2. The second-order valence-corrected chi connectivity index (χ2v) is 6.18. The molecule has 3 rings (SSSR count). The van der Waals surface area contributed by atoms with Crippen molar-refractivity contribution in [3.63, 3.8) is 0 Å². The zero-order valence-corrected chi connectivity index (χ0v) is 13.6. The average molecular weight is 327 g/mol. The molecule has 0 aliphatic carbocycles. The van der Waals surface area contributed by atoms with Crippen molar-refractivity contribution >= 4 is 39.5 Å². The van der Waals surface area contributed by atoms with Crippen LogP contribution in [0.4, 0.5) is 0 Å². The molecule has 1 aromatic carbocycles. The highest BCUT2D eigenvalue weighted by Gasteiger charge is 2.23. The Morgan fingerprint density at radius 1 is 1.39 bits per heavy atom. The van der Waals surface area contributed by atoms with Gasteiger partial charge in [0.2, 0.25) is 0 Å². The van der Waals surface area contributed by atoms with Crippen molar-refractivity contribution in [2.24, 2.45) is 4.99 Å². The highest BCUT2D eigenvalue weighted by molar-refractivity contribution is 8.14. The molecule has 1 aliphatic rings. The number of rotatable bonds is 4. The van der Waals surface area contributed by atoms with E-state index in [9.17, 15) is 9.59 Å². The van der Waals surface area contributed by atoms with Crippen LogP contribution in [0.1, 0.15) is 17.3 Å². The number of hydrogen-bond acceptors (Lipinski definition) is 4. The number of para-hydroxylation sites is 1. The highest BCUT2D eigenvalue weighted by atomic mass is 32.2. The summed E-state index contributed by atoms with van der Waals surface area (Å²) < 4.78 is 1.97. The van der Waals surface area contributed by atoms with Crippen molar-refractivity contribution in [2.75, 3.05) is 12.3 Å². The lowest BCUT2D eigenvalue weighted by molar-refractivity contribution is -0.115. The quantitative estimate of drug-likeness (QED) is 0.533. The fourth-order valence-electron chi connectivity index (χ4n) is 2.48. The lowest BCUT2D eigenvalue weighted by atomic mass is 10.1. The molecule has 0 spiro atoms. The largest absolute Gasteiger partial charge is 0.343 e. The Balaban J connectivity index is 1.91. The van der Waals surface area contributed by atoms with Gasteiger partial charge in [-0.2, -0.15) is 0 Å². The van der Waals surface area contributed by atoms with Gasteiger partial charge in [0.25, 0.3) is 11.7 Å². The van der Waals surface area contributed by atoms with E-state index in [1.165, 1.54) is 11.8 Å². The van der Waals surface area contributed by atoms with Crippen molar-refractivity contribution in [3.05, 3.63) is 48.2 Å². The minimum atomic E-state index is -0.632. The van der Waals surface area contributed by atoms with Crippen LogP contribution in [0.3, 0.4) is 0 Å². The molecule has 1 amide bonds. The minimum Gasteiger partial charge on any atom is -0.343 e. The number of allylic oxidation sites excluding steroid dienone is 2. The van der Waals surface area contributed by atoms with Crippen molar-refractivity contribution in [2.45, 2.75) is 13.5 Å². The van der Waals surface area contributed by atoms with Gasteiger partial charge in [0, 0.05) is 29.4 Å². The van der Waals surface area contributed by atoms with Crippen LogP contribution in [0.5, 0.6) is 0 Å². The van der Waals surface area contributed by atoms with Crippen LogP contribution in [0.15, 0.2) is 47.6 Å². The number of amides is 1. The van der Waals surface area contributed by atoms with Crippen molar-refractivity contribution in [1.82, 2.24) is 9.88 Å². The van der Waals surface area contributed by atoms with Gasteiger partial charge >= 0.3 is 0 Å². The first kappa shape index (κ1) is 15.6. The summed E-state index contributed by atoms with van der Waals surface area (Å²) in [6, 6.07) is 7.61. The average Bonchev–Trinajstić information content (AvgIpc) is 3.20. The fraction of sp³-hybridized carbons (Fsp3) is 0.235. The van der Waals surface area contributed by atoms with E-state index in [0.717, 1.165) is 16.7 Å². The van der Waals surface area contributed by atoms with Gasteiger partial charge in [-0.05, 0) is 13.0 Å². The van der Waals surface area contributed by atoms with E-state index in [-0.39, 0.29) is 0 Å². The molecule has 0 bridgehead atoms. The maximum Gasteiger partial charge on any atom is 0.298 e. The predicted octanol–water partition coefficient (Wildman–Crippen LogP) is 2.62. The molecule has 5 nitrogen and oxygen atoms in total. The smallest absolute Gasteiger partial charge is 0.298 e.